The molecule has 2 N–H and O–H groups in total. The highest BCUT2D eigenvalue weighted by molar-refractivity contribution is 6.35. The molecule has 6 heteroatoms. The molecule has 0 aliphatic carbocycles. The van der Waals surface area contributed by atoms with Gasteiger partial charge in [0.05, 0.1) is 12.8 Å². The largest absolute Gasteiger partial charge is 0.494 e. The molecule has 0 aromatic heterocycles. The van der Waals surface area contributed by atoms with E-state index in [1.54, 1.807) is 31.2 Å². The van der Waals surface area contributed by atoms with Crippen LogP contribution in [0.15, 0.2) is 29.4 Å². The first-order valence-corrected chi connectivity index (χ1v) is 6.01. The van der Waals surface area contributed by atoms with Crippen LogP contribution in [0.5, 0.6) is 5.75 Å². The summed E-state index contributed by atoms with van der Waals surface area (Å²) in [7, 11) is 0. The lowest BCUT2D eigenvalue weighted by Gasteiger charge is -2.02. The minimum Gasteiger partial charge on any atom is -0.494 e. The monoisotopic (exact) mass is 263 g/mol. The van der Waals surface area contributed by atoms with Crippen molar-refractivity contribution in [2.75, 3.05) is 13.2 Å². The van der Waals surface area contributed by atoms with E-state index in [2.05, 4.69) is 15.8 Å². The first-order chi connectivity index (χ1) is 9.17. The van der Waals surface area contributed by atoms with Crippen molar-refractivity contribution in [1.29, 1.82) is 0 Å². The van der Waals surface area contributed by atoms with Crippen molar-refractivity contribution in [2.45, 2.75) is 13.8 Å². The molecule has 0 aliphatic heterocycles. The molecule has 6 nitrogen and oxygen atoms in total. The average Bonchev–Trinajstić information content (AvgIpc) is 2.41. The molecular weight excluding hydrogens is 246 g/mol. The Morgan fingerprint density at radius 3 is 2.47 bits per heavy atom. The van der Waals surface area contributed by atoms with Crippen LogP contribution in [0.25, 0.3) is 0 Å². The Hall–Kier alpha value is -2.37. The predicted molar refractivity (Wildman–Crippen MR) is 72.0 cm³/mol. The van der Waals surface area contributed by atoms with E-state index in [0.29, 0.717) is 13.2 Å². The maximum atomic E-state index is 11.2. The number of hydrazone groups is 1. The number of nitrogens with one attached hydrogen (secondary N) is 2. The van der Waals surface area contributed by atoms with Crippen molar-refractivity contribution in [2.24, 2.45) is 5.10 Å². The van der Waals surface area contributed by atoms with Crippen LogP contribution in [0.2, 0.25) is 0 Å². The first kappa shape index (κ1) is 14.7. The van der Waals surface area contributed by atoms with Crippen LogP contribution >= 0.6 is 0 Å². The standard InChI is InChI=1S/C13H17N3O3/c1-3-14-12(17)13(18)16-15-9-10-5-7-11(8-6-10)19-4-2/h5-9H,3-4H2,1-2H3,(H,14,17)(H,16,18)/b15-9-. The second-order valence-electron chi connectivity index (χ2n) is 3.56. The summed E-state index contributed by atoms with van der Waals surface area (Å²) in [5.41, 5.74) is 2.93. The topological polar surface area (TPSA) is 79.8 Å². The third-order valence-corrected chi connectivity index (χ3v) is 2.11. The zero-order valence-corrected chi connectivity index (χ0v) is 11.0. The van der Waals surface area contributed by atoms with Gasteiger partial charge in [0, 0.05) is 6.54 Å². The molecule has 19 heavy (non-hydrogen) atoms. The highest BCUT2D eigenvalue weighted by Crippen LogP contribution is 2.10. The van der Waals surface area contributed by atoms with Gasteiger partial charge in [0.1, 0.15) is 5.75 Å². The molecular formula is C13H17N3O3. The summed E-state index contributed by atoms with van der Waals surface area (Å²) in [6, 6.07) is 7.20. The number of carbonyl (C=O) groups is 2. The van der Waals surface area contributed by atoms with Gasteiger partial charge in [-0.3, -0.25) is 9.59 Å². The van der Waals surface area contributed by atoms with E-state index < -0.39 is 11.8 Å². The van der Waals surface area contributed by atoms with Crippen LogP contribution in [0.1, 0.15) is 19.4 Å². The number of likely N-dealkylation sites (N-methyl/N-ethyl adjacent to an activating group) is 1. The van der Waals surface area contributed by atoms with E-state index in [0.717, 1.165) is 11.3 Å². The summed E-state index contributed by atoms with van der Waals surface area (Å²) < 4.78 is 5.29. The molecule has 0 saturated carbocycles. The van der Waals surface area contributed by atoms with Crippen LogP contribution in [-0.4, -0.2) is 31.2 Å². The summed E-state index contributed by atoms with van der Waals surface area (Å²) in [5.74, 6) is -0.721. The quantitative estimate of drug-likeness (QED) is 0.465. The maximum absolute atomic E-state index is 11.2. The Balaban J connectivity index is 2.48. The van der Waals surface area contributed by atoms with Crippen LogP contribution in [0.3, 0.4) is 0 Å². The van der Waals surface area contributed by atoms with Gasteiger partial charge in [-0.05, 0) is 43.7 Å². The second kappa shape index (κ2) is 7.86. The van der Waals surface area contributed by atoms with E-state index in [-0.39, 0.29) is 0 Å². The Kier molecular flexibility index (Phi) is 6.08. The molecule has 1 aromatic rings. The van der Waals surface area contributed by atoms with Gasteiger partial charge in [-0.15, -0.1) is 0 Å². The lowest BCUT2D eigenvalue weighted by molar-refractivity contribution is -0.139. The maximum Gasteiger partial charge on any atom is 0.329 e. The van der Waals surface area contributed by atoms with Crippen molar-refractivity contribution in [1.82, 2.24) is 10.7 Å². The normalized spacial score (nSPS) is 10.2. The molecule has 0 spiro atoms. The number of rotatable bonds is 5. The molecule has 0 unspecified atom stereocenters. The molecule has 0 saturated heterocycles. The summed E-state index contributed by atoms with van der Waals surface area (Å²) in [4.78, 5) is 22.3. The van der Waals surface area contributed by atoms with E-state index in [9.17, 15) is 9.59 Å². The Morgan fingerprint density at radius 1 is 1.21 bits per heavy atom. The molecule has 0 atom stereocenters. The molecule has 0 fully saturated rings. The summed E-state index contributed by atoms with van der Waals surface area (Å²) in [5, 5.41) is 6.07. The minimum absolute atomic E-state index is 0.398. The third kappa shape index (κ3) is 5.20. The molecule has 0 aliphatic rings. The highest BCUT2D eigenvalue weighted by Gasteiger charge is 2.09. The van der Waals surface area contributed by atoms with Crippen molar-refractivity contribution in [3.63, 3.8) is 0 Å². The van der Waals surface area contributed by atoms with Gasteiger partial charge in [-0.25, -0.2) is 5.43 Å². The van der Waals surface area contributed by atoms with Crippen molar-refractivity contribution in [3.8, 4) is 5.75 Å². The summed E-state index contributed by atoms with van der Waals surface area (Å²) >= 11 is 0. The van der Waals surface area contributed by atoms with Crippen LogP contribution < -0.4 is 15.5 Å². The lowest BCUT2D eigenvalue weighted by Crippen LogP contribution is -2.37. The summed E-state index contributed by atoms with van der Waals surface area (Å²) in [6.45, 7) is 4.64. The fourth-order valence-electron chi connectivity index (χ4n) is 1.27. The van der Waals surface area contributed by atoms with Gasteiger partial charge in [0.2, 0.25) is 0 Å². The smallest absolute Gasteiger partial charge is 0.329 e. The van der Waals surface area contributed by atoms with E-state index in [4.69, 9.17) is 4.74 Å². The van der Waals surface area contributed by atoms with Crippen LogP contribution in [0, 0.1) is 0 Å². The van der Waals surface area contributed by atoms with E-state index >= 15 is 0 Å². The molecule has 2 amide bonds. The number of hydrogen-bond donors (Lipinski definition) is 2. The van der Waals surface area contributed by atoms with Gasteiger partial charge < -0.3 is 10.1 Å². The lowest BCUT2D eigenvalue weighted by atomic mass is 10.2. The molecule has 1 rings (SSSR count). The fourth-order valence-corrected chi connectivity index (χ4v) is 1.27. The SMILES string of the molecule is CCNC(=O)C(=O)N/N=C\c1ccc(OCC)cc1. The van der Waals surface area contributed by atoms with Gasteiger partial charge in [0.25, 0.3) is 0 Å². The van der Waals surface area contributed by atoms with Gasteiger partial charge in [0.15, 0.2) is 0 Å². The predicted octanol–water partition coefficient (Wildman–Crippen LogP) is 0.672. The zero-order valence-electron chi connectivity index (χ0n) is 11.0. The minimum atomic E-state index is -0.788. The van der Waals surface area contributed by atoms with Gasteiger partial charge in [-0.1, -0.05) is 0 Å². The molecule has 0 bridgehead atoms. The molecule has 0 heterocycles. The van der Waals surface area contributed by atoms with Crippen LogP contribution in [-0.2, 0) is 9.59 Å². The zero-order chi connectivity index (χ0) is 14.1. The Labute approximate surface area is 111 Å². The summed E-state index contributed by atoms with van der Waals surface area (Å²) in [6.07, 6.45) is 1.45. The first-order valence-electron chi connectivity index (χ1n) is 6.01. The second-order valence-corrected chi connectivity index (χ2v) is 3.56. The fraction of sp³-hybridized carbons (Fsp3) is 0.308. The number of amides is 2. The average molecular weight is 263 g/mol. The van der Waals surface area contributed by atoms with Crippen molar-refractivity contribution < 1.29 is 14.3 Å². The van der Waals surface area contributed by atoms with Crippen molar-refractivity contribution >= 4 is 18.0 Å². The third-order valence-electron chi connectivity index (χ3n) is 2.11. The van der Waals surface area contributed by atoms with Crippen LogP contribution in [0.4, 0.5) is 0 Å². The number of benzene rings is 1. The molecule has 1 aromatic carbocycles. The number of ether oxygens (including phenoxy) is 1. The molecule has 0 radical (unpaired) electrons. The Morgan fingerprint density at radius 2 is 1.89 bits per heavy atom. The number of nitrogens with zero attached hydrogens (tertiary/aromatic N) is 1. The highest BCUT2D eigenvalue weighted by atomic mass is 16.5. The van der Waals surface area contributed by atoms with E-state index in [1.165, 1.54) is 6.21 Å². The number of hydrogen-bond acceptors (Lipinski definition) is 4. The van der Waals surface area contributed by atoms with Crippen molar-refractivity contribution in [3.05, 3.63) is 29.8 Å². The number of carbonyl (C=O) groups excluding carboxylic acids is 2. The van der Waals surface area contributed by atoms with Gasteiger partial charge in [-0.2, -0.15) is 5.10 Å². The van der Waals surface area contributed by atoms with Gasteiger partial charge >= 0.3 is 11.8 Å². The Bertz CT molecular complexity index is 455. The molecule has 102 valence electrons. The van der Waals surface area contributed by atoms with E-state index in [1.807, 2.05) is 6.92 Å².